The number of halogens is 1. The minimum Gasteiger partial charge on any atom is -0.495 e. The van der Waals surface area contributed by atoms with Crippen LogP contribution in [0.5, 0.6) is 5.75 Å². The maximum Gasteiger partial charge on any atom is 0.139 e. The predicted octanol–water partition coefficient (Wildman–Crippen LogP) is 2.59. The Morgan fingerprint density at radius 3 is 3.14 bits per heavy atom. The third-order valence-electron chi connectivity index (χ3n) is 4.36. The average Bonchev–Trinajstić information content (AvgIpc) is 2.90. The Labute approximate surface area is 135 Å². The van der Waals surface area contributed by atoms with Gasteiger partial charge in [-0.3, -0.25) is 0 Å². The standard InChI is InChI=1S/C16H22ClN3O2/c1-22-16-9-13-14(8-11(16)17)20(10-19-13)7-3-4-12-15(21)5-2-6-18-12/h8-10,12,15,18,21H,2-7H2,1H3/t12-,15+/m1/s1. The quantitative estimate of drug-likeness (QED) is 0.888. The second-order valence-electron chi connectivity index (χ2n) is 5.83. The van der Waals surface area contributed by atoms with Gasteiger partial charge in [0.1, 0.15) is 5.75 Å². The molecule has 0 bridgehead atoms. The van der Waals surface area contributed by atoms with Gasteiger partial charge >= 0.3 is 0 Å². The van der Waals surface area contributed by atoms with E-state index in [-0.39, 0.29) is 12.1 Å². The zero-order valence-electron chi connectivity index (χ0n) is 12.8. The van der Waals surface area contributed by atoms with Gasteiger partial charge in [0.25, 0.3) is 0 Å². The molecule has 1 aromatic carbocycles. The zero-order chi connectivity index (χ0) is 15.5. The fraction of sp³-hybridized carbons (Fsp3) is 0.562. The highest BCUT2D eigenvalue weighted by Gasteiger charge is 2.21. The lowest BCUT2D eigenvalue weighted by Crippen LogP contribution is -2.44. The molecule has 2 heterocycles. The highest BCUT2D eigenvalue weighted by molar-refractivity contribution is 6.32. The molecule has 22 heavy (non-hydrogen) atoms. The second-order valence-corrected chi connectivity index (χ2v) is 6.23. The Bertz CT molecular complexity index is 644. The normalized spacial score (nSPS) is 22.1. The molecule has 1 aliphatic heterocycles. The van der Waals surface area contributed by atoms with Crippen LogP contribution in [0, 0.1) is 0 Å². The van der Waals surface area contributed by atoms with Crippen LogP contribution in [0.2, 0.25) is 5.02 Å². The fourth-order valence-corrected chi connectivity index (χ4v) is 3.34. The van der Waals surface area contributed by atoms with E-state index >= 15 is 0 Å². The van der Waals surface area contributed by atoms with Crippen molar-refractivity contribution < 1.29 is 9.84 Å². The lowest BCUT2D eigenvalue weighted by molar-refractivity contribution is 0.0909. The zero-order valence-corrected chi connectivity index (χ0v) is 13.5. The molecule has 120 valence electrons. The molecule has 1 aromatic heterocycles. The van der Waals surface area contributed by atoms with Gasteiger partial charge in [0.05, 0.1) is 35.6 Å². The summed E-state index contributed by atoms with van der Waals surface area (Å²) < 4.78 is 7.32. The minimum atomic E-state index is -0.216. The summed E-state index contributed by atoms with van der Waals surface area (Å²) >= 11 is 6.20. The van der Waals surface area contributed by atoms with Crippen LogP contribution in [0.4, 0.5) is 0 Å². The van der Waals surface area contributed by atoms with E-state index in [0.717, 1.165) is 49.8 Å². The summed E-state index contributed by atoms with van der Waals surface area (Å²) in [6, 6.07) is 3.98. The Balaban J connectivity index is 1.65. The van der Waals surface area contributed by atoms with Gasteiger partial charge in [-0.1, -0.05) is 11.6 Å². The Hall–Kier alpha value is -1.30. The molecule has 0 radical (unpaired) electrons. The van der Waals surface area contributed by atoms with Crippen LogP contribution >= 0.6 is 11.6 Å². The number of aromatic nitrogens is 2. The van der Waals surface area contributed by atoms with Gasteiger partial charge in [-0.2, -0.15) is 0 Å². The van der Waals surface area contributed by atoms with Crippen molar-refractivity contribution in [1.82, 2.24) is 14.9 Å². The smallest absolute Gasteiger partial charge is 0.139 e. The van der Waals surface area contributed by atoms with Crippen LogP contribution in [0.3, 0.4) is 0 Å². The van der Waals surface area contributed by atoms with Crippen LogP contribution in [-0.2, 0) is 6.54 Å². The monoisotopic (exact) mass is 323 g/mol. The second kappa shape index (κ2) is 6.86. The van der Waals surface area contributed by atoms with Gasteiger partial charge in [0, 0.05) is 18.7 Å². The lowest BCUT2D eigenvalue weighted by Gasteiger charge is -2.29. The van der Waals surface area contributed by atoms with Crippen molar-refractivity contribution in [3.05, 3.63) is 23.5 Å². The lowest BCUT2D eigenvalue weighted by atomic mass is 9.97. The molecule has 2 N–H and O–H groups in total. The number of aliphatic hydroxyl groups excluding tert-OH is 1. The molecular formula is C16H22ClN3O2. The molecule has 2 atom stereocenters. The summed E-state index contributed by atoms with van der Waals surface area (Å²) in [5, 5.41) is 14.0. The maximum absolute atomic E-state index is 9.98. The topological polar surface area (TPSA) is 59.3 Å². The van der Waals surface area contributed by atoms with Crippen LogP contribution in [0.1, 0.15) is 25.7 Å². The van der Waals surface area contributed by atoms with E-state index < -0.39 is 0 Å². The maximum atomic E-state index is 9.98. The van der Waals surface area contributed by atoms with Crippen LogP contribution in [0.25, 0.3) is 11.0 Å². The minimum absolute atomic E-state index is 0.215. The van der Waals surface area contributed by atoms with Crippen molar-refractivity contribution in [2.24, 2.45) is 0 Å². The molecule has 0 aliphatic carbocycles. The first-order chi connectivity index (χ1) is 10.7. The number of methoxy groups -OCH3 is 1. The number of rotatable bonds is 5. The van der Waals surface area contributed by atoms with Crippen LogP contribution < -0.4 is 10.1 Å². The highest BCUT2D eigenvalue weighted by Crippen LogP contribution is 2.29. The molecule has 1 fully saturated rings. The van der Waals surface area contributed by atoms with Crippen molar-refractivity contribution in [2.45, 2.75) is 44.4 Å². The Kier molecular flexibility index (Phi) is 4.86. The Morgan fingerprint density at radius 2 is 2.36 bits per heavy atom. The largest absolute Gasteiger partial charge is 0.495 e. The number of imidazole rings is 1. The summed E-state index contributed by atoms with van der Waals surface area (Å²) in [5.41, 5.74) is 1.90. The predicted molar refractivity (Wildman–Crippen MR) is 87.6 cm³/mol. The van der Waals surface area contributed by atoms with E-state index in [1.165, 1.54) is 0 Å². The van der Waals surface area contributed by atoms with E-state index in [0.29, 0.717) is 10.8 Å². The molecule has 1 saturated heterocycles. The number of fused-ring (bicyclic) bond motifs is 1. The van der Waals surface area contributed by atoms with Gasteiger partial charge in [-0.05, 0) is 38.3 Å². The summed E-state index contributed by atoms with van der Waals surface area (Å²) in [5.74, 6) is 0.647. The van der Waals surface area contributed by atoms with Gasteiger partial charge in [-0.15, -0.1) is 0 Å². The summed E-state index contributed by atoms with van der Waals surface area (Å²) in [6.07, 6.45) is 5.54. The summed E-state index contributed by atoms with van der Waals surface area (Å²) in [4.78, 5) is 4.41. The number of aryl methyl sites for hydroxylation is 1. The van der Waals surface area contributed by atoms with Crippen molar-refractivity contribution in [1.29, 1.82) is 0 Å². The molecule has 0 amide bonds. The van der Waals surface area contributed by atoms with Gasteiger partial charge in [0.15, 0.2) is 0 Å². The molecule has 1 aliphatic rings. The SMILES string of the molecule is COc1cc2ncn(CCC[C@H]3NCCC[C@@H]3O)c2cc1Cl. The van der Waals surface area contributed by atoms with E-state index in [9.17, 15) is 5.11 Å². The number of piperidine rings is 1. The van der Waals surface area contributed by atoms with Gasteiger partial charge < -0.3 is 19.7 Å². The van der Waals surface area contributed by atoms with Gasteiger partial charge in [-0.25, -0.2) is 4.98 Å². The average molecular weight is 324 g/mol. The van der Waals surface area contributed by atoms with Crippen molar-refractivity contribution >= 4 is 22.6 Å². The molecule has 5 nitrogen and oxygen atoms in total. The summed E-state index contributed by atoms with van der Waals surface area (Å²) in [6.45, 7) is 1.87. The number of hydrogen-bond donors (Lipinski definition) is 2. The number of nitrogens with one attached hydrogen (secondary N) is 1. The molecule has 3 rings (SSSR count). The first kappa shape index (κ1) is 15.6. The molecule has 0 unspecified atom stereocenters. The number of ether oxygens (including phenoxy) is 1. The van der Waals surface area contributed by atoms with Crippen molar-refractivity contribution in [3.63, 3.8) is 0 Å². The molecule has 6 heteroatoms. The van der Waals surface area contributed by atoms with E-state index in [1.54, 1.807) is 7.11 Å². The number of nitrogens with zero attached hydrogens (tertiary/aromatic N) is 2. The van der Waals surface area contributed by atoms with Crippen molar-refractivity contribution in [2.75, 3.05) is 13.7 Å². The number of benzene rings is 1. The number of aliphatic hydroxyl groups is 1. The van der Waals surface area contributed by atoms with Gasteiger partial charge in [0.2, 0.25) is 0 Å². The van der Waals surface area contributed by atoms with Crippen LogP contribution in [0.15, 0.2) is 18.5 Å². The molecule has 0 saturated carbocycles. The van der Waals surface area contributed by atoms with Crippen molar-refractivity contribution in [3.8, 4) is 5.75 Å². The molecular weight excluding hydrogens is 302 g/mol. The molecule has 2 aromatic rings. The summed E-state index contributed by atoms with van der Waals surface area (Å²) in [7, 11) is 1.60. The highest BCUT2D eigenvalue weighted by atomic mass is 35.5. The first-order valence-electron chi connectivity index (χ1n) is 7.79. The molecule has 0 spiro atoms. The first-order valence-corrected chi connectivity index (χ1v) is 8.16. The Morgan fingerprint density at radius 1 is 1.50 bits per heavy atom. The third-order valence-corrected chi connectivity index (χ3v) is 4.65. The fourth-order valence-electron chi connectivity index (χ4n) is 3.11. The van der Waals surface area contributed by atoms with E-state index in [4.69, 9.17) is 16.3 Å². The van der Waals surface area contributed by atoms with Crippen LogP contribution in [-0.4, -0.2) is 40.5 Å². The number of hydrogen-bond acceptors (Lipinski definition) is 4. The van der Waals surface area contributed by atoms with E-state index in [2.05, 4.69) is 14.9 Å². The van der Waals surface area contributed by atoms with E-state index in [1.807, 2.05) is 18.5 Å². The third kappa shape index (κ3) is 3.21.